The molecular formula is C18H21ClN4O3. The van der Waals surface area contributed by atoms with Gasteiger partial charge in [-0.25, -0.2) is 4.98 Å². The van der Waals surface area contributed by atoms with Crippen molar-refractivity contribution >= 4 is 29.1 Å². The number of methoxy groups -OCH3 is 1. The fraction of sp³-hybridized carbons (Fsp3) is 0.389. The minimum Gasteiger partial charge on any atom is -0.383 e. The van der Waals surface area contributed by atoms with Gasteiger partial charge in [0.25, 0.3) is 11.8 Å². The normalized spacial score (nSPS) is 13.2. The van der Waals surface area contributed by atoms with Gasteiger partial charge in [0, 0.05) is 30.9 Å². The van der Waals surface area contributed by atoms with Crippen molar-refractivity contribution in [1.82, 2.24) is 14.9 Å². The average Bonchev–Trinajstić information content (AvgIpc) is 3.02. The molecule has 0 saturated heterocycles. The lowest BCUT2D eigenvalue weighted by Crippen LogP contribution is -2.28. The SMILES string of the molecule is COCCNC(=O)c1nc(C(=O)Nc2cccc(Cl)c2)n2c1CCCC2. The van der Waals surface area contributed by atoms with Gasteiger partial charge in [0.05, 0.1) is 12.3 Å². The number of carbonyl (C=O) groups excluding carboxylic acids is 2. The highest BCUT2D eigenvalue weighted by Crippen LogP contribution is 2.22. The van der Waals surface area contributed by atoms with Crippen molar-refractivity contribution in [1.29, 1.82) is 0 Å². The summed E-state index contributed by atoms with van der Waals surface area (Å²) < 4.78 is 6.79. The van der Waals surface area contributed by atoms with E-state index in [-0.39, 0.29) is 17.6 Å². The third-order valence-corrected chi connectivity index (χ3v) is 4.45. The van der Waals surface area contributed by atoms with Crippen LogP contribution < -0.4 is 10.6 Å². The maximum absolute atomic E-state index is 12.7. The molecule has 0 unspecified atom stereocenters. The monoisotopic (exact) mass is 376 g/mol. The molecule has 2 amide bonds. The maximum atomic E-state index is 12.7. The second-order valence-electron chi connectivity index (χ2n) is 6.05. The van der Waals surface area contributed by atoms with Gasteiger partial charge in [-0.15, -0.1) is 0 Å². The average molecular weight is 377 g/mol. The van der Waals surface area contributed by atoms with Gasteiger partial charge >= 0.3 is 0 Å². The third-order valence-electron chi connectivity index (χ3n) is 4.21. The minimum absolute atomic E-state index is 0.247. The van der Waals surface area contributed by atoms with E-state index in [0.717, 1.165) is 25.0 Å². The standard InChI is InChI=1S/C18H21ClN4O3/c1-26-10-8-20-17(24)15-14-7-2-3-9-23(14)16(22-15)18(25)21-13-6-4-5-12(19)11-13/h4-6,11H,2-3,7-10H2,1H3,(H,20,24)(H,21,25). The van der Waals surface area contributed by atoms with Crippen LogP contribution in [0.1, 0.15) is 39.6 Å². The predicted molar refractivity (Wildman–Crippen MR) is 98.8 cm³/mol. The number of ether oxygens (including phenoxy) is 1. The number of benzene rings is 1. The molecule has 0 saturated carbocycles. The summed E-state index contributed by atoms with van der Waals surface area (Å²) in [5.74, 6) is -0.391. The lowest BCUT2D eigenvalue weighted by atomic mass is 10.1. The molecule has 8 heteroatoms. The van der Waals surface area contributed by atoms with Crippen molar-refractivity contribution in [2.24, 2.45) is 0 Å². The number of amides is 2. The van der Waals surface area contributed by atoms with Crippen LogP contribution in [-0.4, -0.2) is 41.6 Å². The number of carbonyl (C=O) groups is 2. The maximum Gasteiger partial charge on any atom is 0.291 e. The van der Waals surface area contributed by atoms with Gasteiger partial charge in [0.1, 0.15) is 5.69 Å². The number of rotatable bonds is 6. The molecule has 138 valence electrons. The Morgan fingerprint density at radius 1 is 1.31 bits per heavy atom. The Kier molecular flexibility index (Phi) is 5.90. The number of hydrogen-bond donors (Lipinski definition) is 2. The molecule has 3 rings (SSSR count). The highest BCUT2D eigenvalue weighted by Gasteiger charge is 2.27. The Morgan fingerprint density at radius 3 is 2.92 bits per heavy atom. The summed E-state index contributed by atoms with van der Waals surface area (Å²) in [6.45, 7) is 1.49. The number of nitrogens with zero attached hydrogens (tertiary/aromatic N) is 2. The van der Waals surface area contributed by atoms with Gasteiger partial charge in [-0.2, -0.15) is 0 Å². The van der Waals surface area contributed by atoms with E-state index >= 15 is 0 Å². The summed E-state index contributed by atoms with van der Waals surface area (Å²) in [6, 6.07) is 6.91. The Bertz CT molecular complexity index is 819. The first-order valence-electron chi connectivity index (χ1n) is 8.53. The van der Waals surface area contributed by atoms with E-state index in [2.05, 4.69) is 15.6 Å². The fourth-order valence-electron chi connectivity index (χ4n) is 3.00. The van der Waals surface area contributed by atoms with Gasteiger partial charge in [-0.1, -0.05) is 17.7 Å². The first-order valence-corrected chi connectivity index (χ1v) is 8.91. The molecule has 1 aliphatic rings. The quantitative estimate of drug-likeness (QED) is 0.758. The molecule has 0 bridgehead atoms. The van der Waals surface area contributed by atoms with E-state index in [9.17, 15) is 9.59 Å². The van der Waals surface area contributed by atoms with Crippen LogP contribution in [0, 0.1) is 0 Å². The number of halogens is 1. The molecule has 0 aliphatic carbocycles. The molecule has 2 heterocycles. The minimum atomic E-state index is -0.355. The Hall–Kier alpha value is -2.38. The Balaban J connectivity index is 1.84. The van der Waals surface area contributed by atoms with Crippen molar-refractivity contribution in [2.45, 2.75) is 25.8 Å². The molecule has 1 aliphatic heterocycles. The van der Waals surface area contributed by atoms with Crippen LogP contribution >= 0.6 is 11.6 Å². The van der Waals surface area contributed by atoms with E-state index in [0.29, 0.717) is 36.1 Å². The lowest BCUT2D eigenvalue weighted by molar-refractivity contribution is 0.0931. The highest BCUT2D eigenvalue weighted by atomic mass is 35.5. The Labute approximate surface area is 156 Å². The third kappa shape index (κ3) is 4.05. The van der Waals surface area contributed by atoms with Crippen molar-refractivity contribution in [2.75, 3.05) is 25.6 Å². The van der Waals surface area contributed by atoms with Gasteiger partial charge in [-0.3, -0.25) is 9.59 Å². The summed E-state index contributed by atoms with van der Waals surface area (Å²) in [6.07, 6.45) is 2.65. The van der Waals surface area contributed by atoms with Crippen LogP contribution in [0.4, 0.5) is 5.69 Å². The van der Waals surface area contributed by atoms with Crippen LogP contribution in [-0.2, 0) is 17.7 Å². The number of imidazole rings is 1. The van der Waals surface area contributed by atoms with Gasteiger partial charge in [0.2, 0.25) is 0 Å². The first kappa shape index (κ1) is 18.4. The van der Waals surface area contributed by atoms with E-state index in [1.807, 2.05) is 4.57 Å². The largest absolute Gasteiger partial charge is 0.383 e. The molecule has 0 atom stereocenters. The molecule has 7 nitrogen and oxygen atoms in total. The Morgan fingerprint density at radius 2 is 2.15 bits per heavy atom. The second-order valence-corrected chi connectivity index (χ2v) is 6.49. The molecular weight excluding hydrogens is 356 g/mol. The van der Waals surface area contributed by atoms with Crippen LogP contribution in [0.15, 0.2) is 24.3 Å². The zero-order valence-corrected chi connectivity index (χ0v) is 15.3. The van der Waals surface area contributed by atoms with E-state index < -0.39 is 0 Å². The summed E-state index contributed by atoms with van der Waals surface area (Å²) >= 11 is 5.96. The predicted octanol–water partition coefficient (Wildman–Crippen LogP) is 2.50. The molecule has 2 N–H and O–H groups in total. The van der Waals surface area contributed by atoms with Crippen molar-refractivity contribution < 1.29 is 14.3 Å². The van der Waals surface area contributed by atoms with Crippen LogP contribution in [0.2, 0.25) is 5.02 Å². The smallest absolute Gasteiger partial charge is 0.291 e. The van der Waals surface area contributed by atoms with Crippen molar-refractivity contribution in [3.63, 3.8) is 0 Å². The molecule has 26 heavy (non-hydrogen) atoms. The molecule has 0 radical (unpaired) electrons. The lowest BCUT2D eigenvalue weighted by Gasteiger charge is -2.17. The van der Waals surface area contributed by atoms with Gasteiger partial charge in [0.15, 0.2) is 5.82 Å². The number of nitrogens with one attached hydrogen (secondary N) is 2. The van der Waals surface area contributed by atoms with Crippen LogP contribution in [0.5, 0.6) is 0 Å². The van der Waals surface area contributed by atoms with Crippen molar-refractivity contribution in [3.05, 3.63) is 46.5 Å². The fourth-order valence-corrected chi connectivity index (χ4v) is 3.19. The zero-order valence-electron chi connectivity index (χ0n) is 14.5. The highest BCUT2D eigenvalue weighted by molar-refractivity contribution is 6.30. The zero-order chi connectivity index (χ0) is 18.5. The van der Waals surface area contributed by atoms with Crippen LogP contribution in [0.25, 0.3) is 0 Å². The topological polar surface area (TPSA) is 85.2 Å². The number of anilines is 1. The summed E-state index contributed by atoms with van der Waals surface area (Å²) in [4.78, 5) is 29.5. The molecule has 0 spiro atoms. The summed E-state index contributed by atoms with van der Waals surface area (Å²) in [7, 11) is 1.57. The van der Waals surface area contributed by atoms with Crippen LogP contribution in [0.3, 0.4) is 0 Å². The second kappa shape index (κ2) is 8.33. The molecule has 1 aromatic heterocycles. The number of fused-ring (bicyclic) bond motifs is 1. The first-order chi connectivity index (χ1) is 12.6. The molecule has 0 fully saturated rings. The van der Waals surface area contributed by atoms with E-state index in [4.69, 9.17) is 16.3 Å². The summed E-state index contributed by atoms with van der Waals surface area (Å²) in [5.41, 5.74) is 1.71. The number of hydrogen-bond acceptors (Lipinski definition) is 4. The molecule has 1 aromatic carbocycles. The van der Waals surface area contributed by atoms with Gasteiger partial charge < -0.3 is 19.9 Å². The van der Waals surface area contributed by atoms with Gasteiger partial charge in [-0.05, 0) is 37.5 Å². The molecule has 2 aromatic rings. The summed E-state index contributed by atoms with van der Waals surface area (Å²) in [5, 5.41) is 6.10. The number of aromatic nitrogens is 2. The van der Waals surface area contributed by atoms with Crippen molar-refractivity contribution in [3.8, 4) is 0 Å². The van der Waals surface area contributed by atoms with E-state index in [1.54, 1.807) is 31.4 Å². The van der Waals surface area contributed by atoms with E-state index in [1.165, 1.54) is 0 Å².